The summed E-state index contributed by atoms with van der Waals surface area (Å²) in [7, 11) is 1.63. The number of methoxy groups -OCH3 is 1. The van der Waals surface area contributed by atoms with Gasteiger partial charge in [-0.25, -0.2) is 23.5 Å². The minimum Gasteiger partial charge on any atom is -0.497 e. The number of ether oxygens (including phenoxy) is 1. The fraction of sp³-hybridized carbons (Fsp3) is 0.379. The largest absolute Gasteiger partial charge is 0.497 e. The van der Waals surface area contributed by atoms with Gasteiger partial charge in [0, 0.05) is 56.1 Å². The molecule has 1 saturated heterocycles. The lowest BCUT2D eigenvalue weighted by Gasteiger charge is -2.38. The highest BCUT2D eigenvalue weighted by Crippen LogP contribution is 2.29. The summed E-state index contributed by atoms with van der Waals surface area (Å²) in [6.07, 6.45) is 3.86. The van der Waals surface area contributed by atoms with E-state index in [1.807, 2.05) is 23.1 Å². The van der Waals surface area contributed by atoms with Crippen LogP contribution in [0.1, 0.15) is 40.0 Å². The molecule has 0 atom stereocenters. The van der Waals surface area contributed by atoms with Crippen LogP contribution in [0.3, 0.4) is 0 Å². The number of amides is 3. The first-order chi connectivity index (χ1) is 19.4. The van der Waals surface area contributed by atoms with Crippen LogP contribution in [0.2, 0.25) is 0 Å². The van der Waals surface area contributed by atoms with Gasteiger partial charge in [-0.2, -0.15) is 0 Å². The van der Waals surface area contributed by atoms with Gasteiger partial charge in [0.15, 0.2) is 0 Å². The normalized spacial score (nSPS) is 17.6. The van der Waals surface area contributed by atoms with Crippen molar-refractivity contribution in [1.82, 2.24) is 19.8 Å². The van der Waals surface area contributed by atoms with Gasteiger partial charge < -0.3 is 24.8 Å². The number of aromatic nitrogens is 2. The number of piperidine rings is 1. The molecule has 1 N–H and O–H groups in total. The molecule has 4 heterocycles. The SMILES string of the molecule is COc1ccc2c(c1)CCN(C1CCN(c3cc(C(=O)N4CCc5c(F)ccc(F)c5C4)ncn3)CC1)C(=O)N2. The molecule has 208 valence electrons. The van der Waals surface area contributed by atoms with E-state index in [2.05, 4.69) is 20.2 Å². The highest BCUT2D eigenvalue weighted by atomic mass is 19.1. The number of hydrogen-bond donors (Lipinski definition) is 1. The van der Waals surface area contributed by atoms with E-state index in [0.29, 0.717) is 31.0 Å². The van der Waals surface area contributed by atoms with Gasteiger partial charge in [0.05, 0.1) is 7.11 Å². The lowest BCUT2D eigenvalue weighted by Crippen LogP contribution is -2.49. The van der Waals surface area contributed by atoms with Gasteiger partial charge in [0.25, 0.3) is 5.91 Å². The number of urea groups is 1. The molecular weight excluding hydrogens is 518 g/mol. The molecule has 0 saturated carbocycles. The topological polar surface area (TPSA) is 90.9 Å². The summed E-state index contributed by atoms with van der Waals surface area (Å²) < 4.78 is 33.8. The van der Waals surface area contributed by atoms with Crippen molar-refractivity contribution in [1.29, 1.82) is 0 Å². The molecule has 3 aliphatic rings. The second-order valence-electron chi connectivity index (χ2n) is 10.3. The van der Waals surface area contributed by atoms with E-state index in [9.17, 15) is 18.4 Å². The summed E-state index contributed by atoms with van der Waals surface area (Å²) in [5.41, 5.74) is 2.63. The van der Waals surface area contributed by atoms with E-state index < -0.39 is 11.6 Å². The molecule has 3 aromatic rings. The molecular formula is C29H30F2N6O3. The zero-order valence-electron chi connectivity index (χ0n) is 22.2. The Bertz CT molecular complexity index is 1460. The maximum atomic E-state index is 14.3. The number of hydrogen-bond acceptors (Lipinski definition) is 6. The number of rotatable bonds is 4. The average molecular weight is 549 g/mol. The Balaban J connectivity index is 1.10. The molecule has 40 heavy (non-hydrogen) atoms. The molecule has 0 unspecified atom stereocenters. The fourth-order valence-electron chi connectivity index (χ4n) is 5.88. The van der Waals surface area contributed by atoms with E-state index in [0.717, 1.165) is 48.4 Å². The molecule has 11 heteroatoms. The van der Waals surface area contributed by atoms with Crippen molar-refractivity contribution < 1.29 is 23.1 Å². The predicted octanol–water partition coefficient (Wildman–Crippen LogP) is 4.02. The van der Waals surface area contributed by atoms with Crippen molar-refractivity contribution in [3.05, 3.63) is 76.7 Å². The zero-order chi connectivity index (χ0) is 27.8. The maximum Gasteiger partial charge on any atom is 0.322 e. The summed E-state index contributed by atoms with van der Waals surface area (Å²) in [6, 6.07) is 9.55. The summed E-state index contributed by atoms with van der Waals surface area (Å²) in [5.74, 6) is 0.0978. The van der Waals surface area contributed by atoms with Crippen molar-refractivity contribution in [2.24, 2.45) is 0 Å². The van der Waals surface area contributed by atoms with Gasteiger partial charge in [0.2, 0.25) is 0 Å². The first kappa shape index (κ1) is 26.0. The summed E-state index contributed by atoms with van der Waals surface area (Å²) in [4.78, 5) is 40.3. The Morgan fingerprint density at radius 2 is 1.75 bits per heavy atom. The second kappa shape index (κ2) is 10.7. The number of halogens is 2. The molecule has 0 aliphatic carbocycles. The van der Waals surface area contributed by atoms with E-state index in [4.69, 9.17) is 4.74 Å². The molecule has 0 bridgehead atoms. The number of nitrogens with one attached hydrogen (secondary N) is 1. The Morgan fingerprint density at radius 1 is 0.975 bits per heavy atom. The Morgan fingerprint density at radius 3 is 2.52 bits per heavy atom. The maximum absolute atomic E-state index is 14.3. The van der Waals surface area contributed by atoms with Crippen molar-refractivity contribution >= 4 is 23.4 Å². The summed E-state index contributed by atoms with van der Waals surface area (Å²) in [5, 5.41) is 3.04. The molecule has 1 fully saturated rings. The van der Waals surface area contributed by atoms with E-state index >= 15 is 0 Å². The highest BCUT2D eigenvalue weighted by molar-refractivity contribution is 5.93. The van der Waals surface area contributed by atoms with Crippen LogP contribution in [0, 0.1) is 11.6 Å². The standard InChI is InChI=1S/C29H30F2N6O3/c1-40-20-2-5-25-18(14-20)6-13-37(29(39)34-25)19-7-10-35(11-8-19)27-15-26(32-17-33-27)28(38)36-12-9-21-22(16-36)24(31)4-3-23(21)30/h2-5,14-15,17,19H,6-13,16H2,1H3,(H,34,39). The molecule has 3 amide bonds. The lowest BCUT2D eigenvalue weighted by molar-refractivity contribution is 0.0725. The minimum absolute atomic E-state index is 0.00294. The average Bonchev–Trinajstić information content (AvgIpc) is 3.16. The third kappa shape index (κ3) is 4.91. The van der Waals surface area contributed by atoms with Crippen molar-refractivity contribution in [3.8, 4) is 5.75 Å². The predicted molar refractivity (Wildman–Crippen MR) is 144 cm³/mol. The molecule has 1 aromatic heterocycles. The van der Waals surface area contributed by atoms with Crippen LogP contribution in [0.4, 0.5) is 25.1 Å². The molecule has 6 rings (SSSR count). The van der Waals surface area contributed by atoms with E-state index in [-0.39, 0.29) is 48.7 Å². The van der Waals surface area contributed by atoms with Crippen LogP contribution in [-0.4, -0.2) is 71.0 Å². The monoisotopic (exact) mass is 548 g/mol. The molecule has 0 radical (unpaired) electrons. The van der Waals surface area contributed by atoms with Gasteiger partial charge in [-0.05, 0) is 67.1 Å². The van der Waals surface area contributed by atoms with Gasteiger partial charge in [-0.3, -0.25) is 4.79 Å². The number of carbonyl (C=O) groups is 2. The van der Waals surface area contributed by atoms with Gasteiger partial charge in [-0.15, -0.1) is 0 Å². The summed E-state index contributed by atoms with van der Waals surface area (Å²) in [6.45, 7) is 2.23. The zero-order valence-corrected chi connectivity index (χ0v) is 22.2. The quantitative estimate of drug-likeness (QED) is 0.530. The lowest BCUT2D eigenvalue weighted by atomic mass is 9.98. The third-order valence-corrected chi connectivity index (χ3v) is 8.12. The van der Waals surface area contributed by atoms with Crippen LogP contribution >= 0.6 is 0 Å². The van der Waals surface area contributed by atoms with Crippen LogP contribution in [0.5, 0.6) is 5.75 Å². The number of carbonyl (C=O) groups excluding carboxylic acids is 2. The summed E-state index contributed by atoms with van der Waals surface area (Å²) >= 11 is 0. The molecule has 0 spiro atoms. The number of benzene rings is 2. The second-order valence-corrected chi connectivity index (χ2v) is 10.3. The smallest absolute Gasteiger partial charge is 0.322 e. The van der Waals surface area contributed by atoms with Crippen LogP contribution in [-0.2, 0) is 19.4 Å². The highest BCUT2D eigenvalue weighted by Gasteiger charge is 2.31. The van der Waals surface area contributed by atoms with Gasteiger partial charge in [0.1, 0.15) is 35.2 Å². The van der Waals surface area contributed by atoms with Crippen LogP contribution in [0.25, 0.3) is 0 Å². The number of nitrogens with zero attached hydrogens (tertiary/aromatic N) is 5. The minimum atomic E-state index is -0.512. The van der Waals surface area contributed by atoms with Gasteiger partial charge in [-0.1, -0.05) is 0 Å². The number of anilines is 2. The van der Waals surface area contributed by atoms with Crippen LogP contribution in [0.15, 0.2) is 42.7 Å². The van der Waals surface area contributed by atoms with Gasteiger partial charge >= 0.3 is 6.03 Å². The Hall–Kier alpha value is -4.28. The first-order valence-electron chi connectivity index (χ1n) is 13.5. The van der Waals surface area contributed by atoms with Crippen LogP contribution < -0.4 is 15.0 Å². The number of fused-ring (bicyclic) bond motifs is 2. The fourth-order valence-corrected chi connectivity index (χ4v) is 5.88. The third-order valence-electron chi connectivity index (χ3n) is 8.12. The molecule has 3 aliphatic heterocycles. The van der Waals surface area contributed by atoms with Crippen molar-refractivity contribution in [3.63, 3.8) is 0 Å². The Labute approximate surface area is 230 Å². The van der Waals surface area contributed by atoms with Crippen molar-refractivity contribution in [2.45, 2.75) is 38.3 Å². The molecule has 9 nitrogen and oxygen atoms in total. The van der Waals surface area contributed by atoms with E-state index in [1.165, 1.54) is 11.2 Å². The van der Waals surface area contributed by atoms with Crippen molar-refractivity contribution in [2.75, 3.05) is 43.5 Å². The first-order valence-corrected chi connectivity index (χ1v) is 13.5. The molecule has 2 aromatic carbocycles. The Kier molecular flexibility index (Phi) is 6.95. The van der Waals surface area contributed by atoms with E-state index in [1.54, 1.807) is 13.2 Å².